The van der Waals surface area contributed by atoms with Crippen molar-refractivity contribution < 1.29 is 19.1 Å². The van der Waals surface area contributed by atoms with Gasteiger partial charge in [-0.1, -0.05) is 18.2 Å². The number of cyclic esters (lactones) is 1. The summed E-state index contributed by atoms with van der Waals surface area (Å²) < 4.78 is 10.7. The summed E-state index contributed by atoms with van der Waals surface area (Å²) in [6.45, 7) is 3.39. The number of ether oxygens (including phenoxy) is 2. The molecule has 0 aliphatic carbocycles. The predicted molar refractivity (Wildman–Crippen MR) is 88.5 cm³/mol. The first kappa shape index (κ1) is 16.1. The summed E-state index contributed by atoms with van der Waals surface area (Å²) >= 11 is 0. The highest BCUT2D eigenvalue weighted by Gasteiger charge is 2.52. The summed E-state index contributed by atoms with van der Waals surface area (Å²) in [5.74, 6) is 0.0307. The zero-order valence-corrected chi connectivity index (χ0v) is 13.9. The summed E-state index contributed by atoms with van der Waals surface area (Å²) in [5.41, 5.74) is 0.193. The van der Waals surface area contributed by atoms with E-state index in [1.807, 2.05) is 6.07 Å². The maximum atomic E-state index is 13.0. The summed E-state index contributed by atoms with van der Waals surface area (Å²) in [6, 6.07) is 16.0. The molecule has 0 bridgehead atoms. The number of hydrogen-bond acceptors (Lipinski definition) is 4. The fourth-order valence-corrected chi connectivity index (χ4v) is 2.76. The van der Waals surface area contributed by atoms with Gasteiger partial charge in [0.25, 0.3) is 5.91 Å². The minimum absolute atomic E-state index is 0.243. The van der Waals surface area contributed by atoms with Crippen molar-refractivity contribution in [1.82, 2.24) is 4.90 Å². The molecule has 1 atom stereocenters. The first-order valence-electron chi connectivity index (χ1n) is 7.69. The molecule has 1 heterocycles. The summed E-state index contributed by atoms with van der Waals surface area (Å²) in [7, 11) is 1.58. The third-order valence-corrected chi connectivity index (χ3v) is 4.20. The van der Waals surface area contributed by atoms with Crippen LogP contribution in [0.3, 0.4) is 0 Å². The Morgan fingerprint density at radius 2 is 1.71 bits per heavy atom. The van der Waals surface area contributed by atoms with E-state index in [4.69, 9.17) is 9.47 Å². The first-order valence-corrected chi connectivity index (χ1v) is 7.69. The monoisotopic (exact) mass is 325 g/mol. The lowest BCUT2D eigenvalue weighted by Gasteiger charge is -2.31. The molecule has 0 radical (unpaired) electrons. The van der Waals surface area contributed by atoms with E-state index in [1.165, 1.54) is 4.90 Å². The van der Waals surface area contributed by atoms with Crippen molar-refractivity contribution in [1.29, 1.82) is 0 Å². The van der Waals surface area contributed by atoms with Crippen molar-refractivity contribution in [3.05, 3.63) is 65.7 Å². The van der Waals surface area contributed by atoms with Crippen LogP contribution >= 0.6 is 0 Å². The van der Waals surface area contributed by atoms with Gasteiger partial charge in [0.15, 0.2) is 0 Å². The average molecular weight is 325 g/mol. The third-order valence-electron chi connectivity index (χ3n) is 4.20. The minimum Gasteiger partial charge on any atom is -0.497 e. The van der Waals surface area contributed by atoms with Gasteiger partial charge in [0, 0.05) is 11.1 Å². The zero-order valence-electron chi connectivity index (χ0n) is 13.9. The number of nitrogens with zero attached hydrogens (tertiary/aromatic N) is 1. The lowest BCUT2D eigenvalue weighted by molar-refractivity contribution is -0.144. The smallest absolute Gasteiger partial charge is 0.333 e. The summed E-state index contributed by atoms with van der Waals surface area (Å²) in [4.78, 5) is 26.8. The van der Waals surface area contributed by atoms with Gasteiger partial charge in [0.1, 0.15) is 11.3 Å². The van der Waals surface area contributed by atoms with Crippen molar-refractivity contribution in [3.8, 4) is 5.75 Å². The zero-order chi connectivity index (χ0) is 17.3. The molecule has 2 aromatic carbocycles. The molecule has 1 aliphatic heterocycles. The molecule has 3 rings (SSSR count). The molecule has 1 fully saturated rings. The van der Waals surface area contributed by atoms with E-state index in [9.17, 15) is 9.59 Å². The second-order valence-electron chi connectivity index (χ2n) is 6.13. The fourth-order valence-electron chi connectivity index (χ4n) is 2.76. The normalized spacial score (nSPS) is 19.0. The Morgan fingerprint density at radius 1 is 1.08 bits per heavy atom. The Bertz CT molecular complexity index is 753. The topological polar surface area (TPSA) is 55.8 Å². The maximum Gasteiger partial charge on any atom is 0.333 e. The van der Waals surface area contributed by atoms with Gasteiger partial charge in [0.05, 0.1) is 7.11 Å². The van der Waals surface area contributed by atoms with Gasteiger partial charge in [-0.15, -0.1) is 0 Å². The highest BCUT2D eigenvalue weighted by Crippen LogP contribution is 2.39. The number of benzene rings is 2. The van der Waals surface area contributed by atoms with Gasteiger partial charge in [-0.2, -0.15) is 0 Å². The molecule has 124 valence electrons. The lowest BCUT2D eigenvalue weighted by atomic mass is 10.0. The Hall–Kier alpha value is -2.82. The van der Waals surface area contributed by atoms with Crippen LogP contribution in [0.25, 0.3) is 0 Å². The number of amides is 1. The summed E-state index contributed by atoms with van der Waals surface area (Å²) in [5, 5.41) is 0. The lowest BCUT2D eigenvalue weighted by Crippen LogP contribution is -2.47. The van der Waals surface area contributed by atoms with Crippen molar-refractivity contribution in [2.75, 3.05) is 7.11 Å². The number of methoxy groups -OCH3 is 1. The Balaban J connectivity index is 2.00. The van der Waals surface area contributed by atoms with E-state index >= 15 is 0 Å². The average Bonchev–Trinajstić information content (AvgIpc) is 2.85. The van der Waals surface area contributed by atoms with E-state index in [2.05, 4.69) is 0 Å². The van der Waals surface area contributed by atoms with E-state index < -0.39 is 17.7 Å². The van der Waals surface area contributed by atoms with Gasteiger partial charge in [-0.05, 0) is 50.2 Å². The Kier molecular flexibility index (Phi) is 4.01. The van der Waals surface area contributed by atoms with Crippen molar-refractivity contribution >= 4 is 11.9 Å². The van der Waals surface area contributed by atoms with Crippen molar-refractivity contribution in [3.63, 3.8) is 0 Å². The predicted octanol–water partition coefficient (Wildman–Crippen LogP) is 3.17. The molecule has 5 heteroatoms. The van der Waals surface area contributed by atoms with Gasteiger partial charge in [0.2, 0.25) is 6.23 Å². The molecular weight excluding hydrogens is 306 g/mol. The molecule has 0 N–H and O–H groups in total. The standard InChI is InChI=1S/C19H19NO4/c1-19(2)18(22)24-17(14-9-11-15(23-3)12-10-14)20(19)16(21)13-7-5-4-6-8-13/h4-12,17H,1-3H3/t17-/m1/s1. The molecule has 1 saturated heterocycles. The number of esters is 1. The second kappa shape index (κ2) is 6.00. The Morgan fingerprint density at radius 3 is 2.29 bits per heavy atom. The van der Waals surface area contributed by atoms with Crippen LogP contribution in [0.2, 0.25) is 0 Å². The highest BCUT2D eigenvalue weighted by molar-refractivity contribution is 5.99. The van der Waals surface area contributed by atoms with Gasteiger partial charge < -0.3 is 9.47 Å². The Labute approximate surface area is 140 Å². The van der Waals surface area contributed by atoms with Crippen LogP contribution in [-0.4, -0.2) is 29.4 Å². The molecule has 2 aromatic rings. The van der Waals surface area contributed by atoms with Crippen LogP contribution in [0.5, 0.6) is 5.75 Å². The molecule has 0 aromatic heterocycles. The largest absolute Gasteiger partial charge is 0.497 e. The number of carbonyl (C=O) groups is 2. The van der Waals surface area contributed by atoms with E-state index in [0.717, 1.165) is 5.56 Å². The van der Waals surface area contributed by atoms with Crippen molar-refractivity contribution in [2.24, 2.45) is 0 Å². The van der Waals surface area contributed by atoms with E-state index in [1.54, 1.807) is 69.5 Å². The molecule has 1 amide bonds. The maximum absolute atomic E-state index is 13.0. The van der Waals surface area contributed by atoms with Crippen LogP contribution in [0.1, 0.15) is 36.0 Å². The second-order valence-corrected chi connectivity index (χ2v) is 6.13. The summed E-state index contributed by atoms with van der Waals surface area (Å²) in [6.07, 6.45) is -0.758. The quantitative estimate of drug-likeness (QED) is 0.813. The highest BCUT2D eigenvalue weighted by atomic mass is 16.6. The van der Waals surface area contributed by atoms with Crippen LogP contribution in [0, 0.1) is 0 Å². The van der Waals surface area contributed by atoms with Crippen molar-refractivity contribution in [2.45, 2.75) is 25.6 Å². The molecular formula is C19H19NO4. The van der Waals surface area contributed by atoms with Crippen LogP contribution in [0.4, 0.5) is 0 Å². The van der Waals surface area contributed by atoms with E-state index in [-0.39, 0.29) is 5.91 Å². The third kappa shape index (κ3) is 2.62. The molecule has 1 aliphatic rings. The number of hydrogen-bond donors (Lipinski definition) is 0. The minimum atomic E-state index is -1.04. The van der Waals surface area contributed by atoms with Gasteiger partial charge in [-0.3, -0.25) is 9.69 Å². The number of rotatable bonds is 3. The molecule has 0 unspecified atom stereocenters. The SMILES string of the molecule is COc1ccc([C@H]2OC(=O)C(C)(C)N2C(=O)c2ccccc2)cc1. The molecule has 0 saturated carbocycles. The van der Waals surface area contributed by atoms with E-state index in [0.29, 0.717) is 11.3 Å². The van der Waals surface area contributed by atoms with Crippen LogP contribution in [-0.2, 0) is 9.53 Å². The fraction of sp³-hybridized carbons (Fsp3) is 0.263. The molecule has 24 heavy (non-hydrogen) atoms. The number of carbonyl (C=O) groups excluding carboxylic acids is 2. The van der Waals surface area contributed by atoms with Crippen LogP contribution < -0.4 is 4.74 Å². The molecule has 5 nitrogen and oxygen atoms in total. The first-order chi connectivity index (χ1) is 11.4. The van der Waals surface area contributed by atoms with Crippen LogP contribution in [0.15, 0.2) is 54.6 Å². The van der Waals surface area contributed by atoms with Gasteiger partial charge in [-0.25, -0.2) is 4.79 Å². The molecule has 0 spiro atoms. The van der Waals surface area contributed by atoms with Gasteiger partial charge >= 0.3 is 5.97 Å².